The van der Waals surface area contributed by atoms with Crippen LogP contribution in [0.1, 0.15) is 58.6 Å². The van der Waals surface area contributed by atoms with Crippen molar-refractivity contribution in [3.8, 4) is 0 Å². The van der Waals surface area contributed by atoms with Gasteiger partial charge in [-0.2, -0.15) is 0 Å². The van der Waals surface area contributed by atoms with Gasteiger partial charge >= 0.3 is 0 Å². The molecule has 0 aliphatic heterocycles. The van der Waals surface area contributed by atoms with E-state index in [9.17, 15) is 4.79 Å². The third kappa shape index (κ3) is 3.85. The number of amides is 1. The first-order chi connectivity index (χ1) is 9.54. The lowest BCUT2D eigenvalue weighted by atomic mass is 9.79. The van der Waals surface area contributed by atoms with Crippen molar-refractivity contribution < 1.29 is 4.79 Å². The van der Waals surface area contributed by atoms with Crippen LogP contribution < -0.4 is 11.1 Å². The van der Waals surface area contributed by atoms with Crippen LogP contribution in [0.2, 0.25) is 0 Å². The molecule has 0 bridgehead atoms. The summed E-state index contributed by atoms with van der Waals surface area (Å²) in [6.45, 7) is 10.00. The number of carbonyl (C=O) groups is 1. The molecule has 0 unspecified atom stereocenters. The molecule has 1 aromatic rings. The Morgan fingerprint density at radius 1 is 1.19 bits per heavy atom. The summed E-state index contributed by atoms with van der Waals surface area (Å²) < 4.78 is 0. The fraction of sp³-hybridized carbons (Fsp3) is 0.611. The minimum atomic E-state index is -0.560. The highest BCUT2D eigenvalue weighted by molar-refractivity contribution is 5.88. The average molecular weight is 288 g/mol. The normalized spacial score (nSPS) is 17.4. The van der Waals surface area contributed by atoms with Gasteiger partial charge in [0.05, 0.1) is 5.41 Å². The molecule has 0 radical (unpaired) electrons. The van der Waals surface area contributed by atoms with Crippen molar-refractivity contribution in [1.29, 1.82) is 0 Å². The summed E-state index contributed by atoms with van der Waals surface area (Å²) in [6.07, 6.45) is 3.02. The van der Waals surface area contributed by atoms with E-state index in [4.69, 9.17) is 5.73 Å². The summed E-state index contributed by atoms with van der Waals surface area (Å²) in [5, 5.41) is 3.09. The summed E-state index contributed by atoms with van der Waals surface area (Å²) >= 11 is 0. The standard InChI is InChI=1S/C18H28N2O/c1-16(2,3)20-15(21)17(4,5)14-9-7-6-8-13(14)12-18(19)10-11-18/h6-9H,10-12,19H2,1-5H3,(H,20,21). The van der Waals surface area contributed by atoms with E-state index in [1.165, 1.54) is 5.56 Å². The number of carbonyl (C=O) groups excluding carboxylic acids is 1. The maximum absolute atomic E-state index is 12.7. The third-order valence-corrected chi connectivity index (χ3v) is 4.18. The summed E-state index contributed by atoms with van der Waals surface area (Å²) in [6, 6.07) is 8.20. The summed E-state index contributed by atoms with van der Waals surface area (Å²) in [4.78, 5) is 12.7. The largest absolute Gasteiger partial charge is 0.351 e. The van der Waals surface area contributed by atoms with E-state index < -0.39 is 5.41 Å². The molecule has 21 heavy (non-hydrogen) atoms. The van der Waals surface area contributed by atoms with Crippen molar-refractivity contribution in [3.63, 3.8) is 0 Å². The summed E-state index contributed by atoms with van der Waals surface area (Å²) in [5.41, 5.74) is 7.72. The predicted molar refractivity (Wildman–Crippen MR) is 87.2 cm³/mol. The van der Waals surface area contributed by atoms with E-state index in [-0.39, 0.29) is 17.0 Å². The maximum atomic E-state index is 12.7. The molecule has 116 valence electrons. The minimum Gasteiger partial charge on any atom is -0.351 e. The zero-order valence-electron chi connectivity index (χ0n) is 13.9. The van der Waals surface area contributed by atoms with Crippen LogP contribution in [-0.4, -0.2) is 17.0 Å². The average Bonchev–Trinajstić information content (AvgIpc) is 3.05. The molecule has 0 heterocycles. The van der Waals surface area contributed by atoms with Gasteiger partial charge in [0.25, 0.3) is 0 Å². The molecule has 1 aromatic carbocycles. The Morgan fingerprint density at radius 3 is 2.29 bits per heavy atom. The smallest absolute Gasteiger partial charge is 0.230 e. The number of rotatable bonds is 4. The van der Waals surface area contributed by atoms with Crippen LogP contribution in [0.3, 0.4) is 0 Å². The second-order valence-corrected chi connectivity index (χ2v) is 8.03. The fourth-order valence-electron chi connectivity index (χ4n) is 2.62. The Hall–Kier alpha value is -1.35. The molecule has 3 N–H and O–H groups in total. The SMILES string of the molecule is CC(C)(C)NC(=O)C(C)(C)c1ccccc1CC1(N)CC1. The molecule has 1 fully saturated rings. The molecule has 1 saturated carbocycles. The van der Waals surface area contributed by atoms with Gasteiger partial charge in [0.2, 0.25) is 5.91 Å². The van der Waals surface area contributed by atoms with Crippen LogP contribution in [0.5, 0.6) is 0 Å². The molecule has 0 atom stereocenters. The van der Waals surface area contributed by atoms with Gasteiger partial charge in [0, 0.05) is 11.1 Å². The topological polar surface area (TPSA) is 55.1 Å². The molecular weight excluding hydrogens is 260 g/mol. The molecular formula is C18H28N2O. The molecule has 3 nitrogen and oxygen atoms in total. The van der Waals surface area contributed by atoms with Crippen LogP contribution in [-0.2, 0) is 16.6 Å². The highest BCUT2D eigenvalue weighted by Crippen LogP contribution is 2.38. The highest BCUT2D eigenvalue weighted by Gasteiger charge is 2.40. The van der Waals surface area contributed by atoms with Gasteiger partial charge in [0.1, 0.15) is 0 Å². The number of nitrogens with one attached hydrogen (secondary N) is 1. The van der Waals surface area contributed by atoms with Crippen molar-refractivity contribution >= 4 is 5.91 Å². The zero-order chi connectivity index (χ0) is 15.9. The molecule has 1 aliphatic carbocycles. The second kappa shape index (κ2) is 5.13. The zero-order valence-corrected chi connectivity index (χ0v) is 13.9. The van der Waals surface area contributed by atoms with E-state index in [2.05, 4.69) is 17.4 Å². The maximum Gasteiger partial charge on any atom is 0.230 e. The van der Waals surface area contributed by atoms with E-state index in [0.29, 0.717) is 0 Å². The molecule has 0 saturated heterocycles. The Morgan fingerprint density at radius 2 is 1.76 bits per heavy atom. The number of benzene rings is 1. The molecule has 3 heteroatoms. The molecule has 0 spiro atoms. The monoisotopic (exact) mass is 288 g/mol. The first-order valence-corrected chi connectivity index (χ1v) is 7.73. The Kier molecular flexibility index (Phi) is 3.92. The van der Waals surface area contributed by atoms with Crippen LogP contribution in [0.15, 0.2) is 24.3 Å². The van der Waals surface area contributed by atoms with Crippen LogP contribution >= 0.6 is 0 Å². The number of hydrogen-bond donors (Lipinski definition) is 2. The van der Waals surface area contributed by atoms with Crippen LogP contribution in [0.4, 0.5) is 0 Å². The van der Waals surface area contributed by atoms with E-state index >= 15 is 0 Å². The van der Waals surface area contributed by atoms with Crippen molar-refractivity contribution in [2.45, 2.75) is 70.4 Å². The quantitative estimate of drug-likeness (QED) is 0.895. The van der Waals surface area contributed by atoms with Crippen LogP contribution in [0.25, 0.3) is 0 Å². The van der Waals surface area contributed by atoms with Crippen molar-refractivity contribution in [1.82, 2.24) is 5.32 Å². The van der Waals surface area contributed by atoms with E-state index in [0.717, 1.165) is 24.8 Å². The number of nitrogens with two attached hydrogens (primary N) is 1. The van der Waals surface area contributed by atoms with Gasteiger partial charge in [-0.05, 0) is 65.0 Å². The highest BCUT2D eigenvalue weighted by atomic mass is 16.2. The first kappa shape index (κ1) is 16.0. The molecule has 1 amide bonds. The second-order valence-electron chi connectivity index (χ2n) is 8.03. The summed E-state index contributed by atoms with van der Waals surface area (Å²) in [5.74, 6) is 0.0596. The van der Waals surface area contributed by atoms with Crippen molar-refractivity contribution in [2.24, 2.45) is 5.73 Å². The first-order valence-electron chi connectivity index (χ1n) is 7.73. The minimum absolute atomic E-state index is 0.0489. The van der Waals surface area contributed by atoms with E-state index in [1.807, 2.05) is 46.8 Å². The van der Waals surface area contributed by atoms with Crippen LogP contribution in [0, 0.1) is 0 Å². The summed E-state index contributed by atoms with van der Waals surface area (Å²) in [7, 11) is 0. The lowest BCUT2D eigenvalue weighted by Crippen LogP contribution is -2.49. The van der Waals surface area contributed by atoms with Gasteiger partial charge in [-0.25, -0.2) is 0 Å². The third-order valence-electron chi connectivity index (χ3n) is 4.18. The number of hydrogen-bond acceptors (Lipinski definition) is 2. The Bertz CT molecular complexity index is 536. The van der Waals surface area contributed by atoms with Crippen molar-refractivity contribution in [2.75, 3.05) is 0 Å². The van der Waals surface area contributed by atoms with Gasteiger partial charge in [0.15, 0.2) is 0 Å². The van der Waals surface area contributed by atoms with Gasteiger partial charge < -0.3 is 11.1 Å². The lowest BCUT2D eigenvalue weighted by molar-refractivity contribution is -0.127. The molecule has 0 aromatic heterocycles. The van der Waals surface area contributed by atoms with Gasteiger partial charge in [-0.1, -0.05) is 24.3 Å². The van der Waals surface area contributed by atoms with E-state index in [1.54, 1.807) is 0 Å². The van der Waals surface area contributed by atoms with Gasteiger partial charge in [-0.3, -0.25) is 4.79 Å². The molecule has 2 rings (SSSR count). The Labute approximate surface area is 128 Å². The lowest BCUT2D eigenvalue weighted by Gasteiger charge is -2.31. The Balaban J connectivity index is 2.29. The predicted octanol–water partition coefficient (Wildman–Crippen LogP) is 2.91. The fourth-order valence-corrected chi connectivity index (χ4v) is 2.62. The van der Waals surface area contributed by atoms with Crippen molar-refractivity contribution in [3.05, 3.63) is 35.4 Å². The van der Waals surface area contributed by atoms with Gasteiger partial charge in [-0.15, -0.1) is 0 Å². The molecule has 1 aliphatic rings.